The molecular formula is C21H19BrClFN4O4. The second-order valence-corrected chi connectivity index (χ2v) is 9.71. The smallest absolute Gasteiger partial charge is 0.414 e. The number of carbonyl (C=O) groups is 2. The topological polar surface area (TPSA) is 93.1 Å². The molecule has 1 aromatic carbocycles. The summed E-state index contributed by atoms with van der Waals surface area (Å²) in [5.41, 5.74) is -1.44. The molecule has 2 aliphatic rings. The molecule has 1 N–H and O–H groups in total. The van der Waals surface area contributed by atoms with Gasteiger partial charge in [-0.1, -0.05) is 27.5 Å². The number of hydrogen-bond acceptors (Lipinski definition) is 6. The second kappa shape index (κ2) is 7.70. The Morgan fingerprint density at radius 1 is 1.34 bits per heavy atom. The van der Waals surface area contributed by atoms with Crippen LogP contribution in [0, 0.1) is 5.95 Å². The maximum atomic E-state index is 14.7. The number of guanidine groups is 1. The SMILES string of the molecule is CN1C(=O)C[C@]2(N=C1NC(=O)OC(C)(C)C)c1cc(Br)ccc1Oc1c2cc(Cl)nc1F. The summed E-state index contributed by atoms with van der Waals surface area (Å²) in [6.07, 6.45) is -0.934. The minimum atomic E-state index is -1.41. The molecule has 32 heavy (non-hydrogen) atoms. The molecule has 0 aliphatic carbocycles. The minimum absolute atomic E-state index is 0.0531. The fourth-order valence-electron chi connectivity index (χ4n) is 3.61. The van der Waals surface area contributed by atoms with Gasteiger partial charge in [-0.3, -0.25) is 15.0 Å². The molecule has 1 aromatic heterocycles. The van der Waals surface area contributed by atoms with Gasteiger partial charge in [-0.15, -0.1) is 0 Å². The zero-order valence-corrected chi connectivity index (χ0v) is 20.0. The first kappa shape index (κ1) is 22.5. The number of pyridine rings is 1. The number of rotatable bonds is 0. The number of alkyl carbamates (subject to hydrolysis) is 1. The van der Waals surface area contributed by atoms with Gasteiger partial charge < -0.3 is 9.47 Å². The minimum Gasteiger partial charge on any atom is -0.452 e. The number of fused-ring (bicyclic) bond motifs is 4. The summed E-state index contributed by atoms with van der Waals surface area (Å²) in [5, 5.41) is 2.41. The molecule has 0 radical (unpaired) electrons. The van der Waals surface area contributed by atoms with Gasteiger partial charge in [-0.05, 0) is 45.0 Å². The van der Waals surface area contributed by atoms with Crippen LogP contribution in [0.3, 0.4) is 0 Å². The van der Waals surface area contributed by atoms with Crippen molar-refractivity contribution in [2.75, 3.05) is 7.05 Å². The summed E-state index contributed by atoms with van der Waals surface area (Å²) in [6, 6.07) is 6.51. The maximum absolute atomic E-state index is 14.7. The summed E-state index contributed by atoms with van der Waals surface area (Å²) in [7, 11) is 1.48. The van der Waals surface area contributed by atoms with Crippen LogP contribution in [-0.2, 0) is 15.1 Å². The quantitative estimate of drug-likeness (QED) is 0.502. The summed E-state index contributed by atoms with van der Waals surface area (Å²) in [5.74, 6) is -1.21. The molecule has 1 spiro atoms. The number of ether oxygens (including phenoxy) is 2. The fourth-order valence-corrected chi connectivity index (χ4v) is 4.16. The van der Waals surface area contributed by atoms with E-state index in [9.17, 15) is 14.0 Å². The van der Waals surface area contributed by atoms with E-state index in [1.54, 1.807) is 39.0 Å². The first-order chi connectivity index (χ1) is 14.9. The van der Waals surface area contributed by atoms with Crippen LogP contribution in [0.1, 0.15) is 38.3 Å². The van der Waals surface area contributed by atoms with E-state index < -0.39 is 23.2 Å². The van der Waals surface area contributed by atoms with Crippen molar-refractivity contribution in [1.82, 2.24) is 15.2 Å². The van der Waals surface area contributed by atoms with E-state index in [0.29, 0.717) is 15.8 Å². The van der Waals surface area contributed by atoms with Gasteiger partial charge in [-0.25, -0.2) is 14.8 Å². The number of nitrogens with one attached hydrogen (secondary N) is 1. The van der Waals surface area contributed by atoms with Gasteiger partial charge in [0.15, 0.2) is 5.75 Å². The molecule has 11 heteroatoms. The van der Waals surface area contributed by atoms with Gasteiger partial charge in [0, 0.05) is 22.6 Å². The van der Waals surface area contributed by atoms with Crippen molar-refractivity contribution in [2.24, 2.45) is 4.99 Å². The number of nitrogens with zero attached hydrogens (tertiary/aromatic N) is 3. The fraction of sp³-hybridized carbons (Fsp3) is 0.333. The van der Waals surface area contributed by atoms with Crippen molar-refractivity contribution in [2.45, 2.75) is 38.3 Å². The van der Waals surface area contributed by atoms with E-state index in [2.05, 4.69) is 26.2 Å². The highest BCUT2D eigenvalue weighted by Crippen LogP contribution is 2.53. The average molecular weight is 526 g/mol. The highest BCUT2D eigenvalue weighted by atomic mass is 79.9. The molecule has 0 bridgehead atoms. The zero-order valence-electron chi connectivity index (χ0n) is 17.6. The lowest BCUT2D eigenvalue weighted by Crippen LogP contribution is -2.53. The lowest BCUT2D eigenvalue weighted by atomic mass is 9.77. The Labute approximate surface area is 196 Å². The first-order valence-electron chi connectivity index (χ1n) is 9.60. The number of amides is 2. The molecular weight excluding hydrogens is 507 g/mol. The summed E-state index contributed by atoms with van der Waals surface area (Å²) >= 11 is 9.47. The number of carbonyl (C=O) groups excluding carboxylic acids is 2. The third-order valence-electron chi connectivity index (χ3n) is 4.95. The van der Waals surface area contributed by atoms with E-state index >= 15 is 0 Å². The van der Waals surface area contributed by atoms with E-state index in [0.717, 1.165) is 0 Å². The predicted octanol–water partition coefficient (Wildman–Crippen LogP) is 4.73. The lowest BCUT2D eigenvalue weighted by molar-refractivity contribution is -0.128. The standard InChI is InChI=1S/C21H19BrClFN4O4/c1-20(2,3)32-19(30)26-18-27-21(9-15(29)28(18)4)11-7-10(22)5-6-13(11)31-16-12(21)8-14(23)25-17(16)24/h5-8H,9H2,1-4H3,(H,26,27,30)/t21-/m0/s1. The Hall–Kier alpha value is -2.72. The van der Waals surface area contributed by atoms with Crippen molar-refractivity contribution < 1.29 is 23.5 Å². The zero-order chi connectivity index (χ0) is 23.4. The Morgan fingerprint density at radius 3 is 2.75 bits per heavy atom. The molecule has 2 aliphatic heterocycles. The van der Waals surface area contributed by atoms with Crippen LogP contribution in [0.15, 0.2) is 33.7 Å². The molecule has 8 nitrogen and oxygen atoms in total. The van der Waals surface area contributed by atoms with Crippen molar-refractivity contribution in [1.29, 1.82) is 0 Å². The number of hydrogen-bond donors (Lipinski definition) is 1. The van der Waals surface area contributed by atoms with Gasteiger partial charge in [-0.2, -0.15) is 4.39 Å². The third-order valence-corrected chi connectivity index (χ3v) is 5.64. The summed E-state index contributed by atoms with van der Waals surface area (Å²) in [4.78, 5) is 35.1. The molecule has 2 aromatic rings. The van der Waals surface area contributed by atoms with Gasteiger partial charge in [0.25, 0.3) is 5.95 Å². The van der Waals surface area contributed by atoms with Crippen LogP contribution in [0.25, 0.3) is 0 Å². The van der Waals surface area contributed by atoms with Crippen molar-refractivity contribution in [3.05, 3.63) is 51.0 Å². The van der Waals surface area contributed by atoms with Crippen molar-refractivity contribution in [3.63, 3.8) is 0 Å². The maximum Gasteiger partial charge on any atom is 0.414 e. The molecule has 3 heterocycles. The van der Waals surface area contributed by atoms with Crippen LogP contribution in [-0.4, -0.2) is 40.5 Å². The van der Waals surface area contributed by atoms with Crippen LogP contribution in [0.5, 0.6) is 11.5 Å². The number of aromatic nitrogens is 1. The summed E-state index contributed by atoms with van der Waals surface area (Å²) in [6.45, 7) is 5.14. The largest absolute Gasteiger partial charge is 0.452 e. The average Bonchev–Trinajstić information content (AvgIpc) is 2.66. The highest BCUT2D eigenvalue weighted by molar-refractivity contribution is 9.10. The van der Waals surface area contributed by atoms with E-state index in [4.69, 9.17) is 26.1 Å². The lowest BCUT2D eigenvalue weighted by Gasteiger charge is -2.41. The molecule has 0 unspecified atom stereocenters. The van der Waals surface area contributed by atoms with Gasteiger partial charge in [0.05, 0.1) is 6.42 Å². The van der Waals surface area contributed by atoms with E-state index in [1.807, 2.05) is 0 Å². The molecule has 4 rings (SSSR count). The van der Waals surface area contributed by atoms with Crippen LogP contribution in [0.4, 0.5) is 9.18 Å². The normalized spacial score (nSPS) is 19.7. The second-order valence-electron chi connectivity index (χ2n) is 8.41. The van der Waals surface area contributed by atoms with E-state index in [1.165, 1.54) is 18.0 Å². The predicted molar refractivity (Wildman–Crippen MR) is 118 cm³/mol. The summed E-state index contributed by atoms with van der Waals surface area (Å²) < 4.78 is 26.5. The van der Waals surface area contributed by atoms with Crippen molar-refractivity contribution >= 4 is 45.5 Å². The number of benzene rings is 1. The van der Waals surface area contributed by atoms with Crippen LogP contribution < -0.4 is 10.1 Å². The highest BCUT2D eigenvalue weighted by Gasteiger charge is 2.49. The Kier molecular flexibility index (Phi) is 5.41. The van der Waals surface area contributed by atoms with Gasteiger partial charge in [0.2, 0.25) is 11.9 Å². The third kappa shape index (κ3) is 3.93. The molecule has 0 saturated carbocycles. The monoisotopic (exact) mass is 524 g/mol. The van der Waals surface area contributed by atoms with E-state index in [-0.39, 0.29) is 34.8 Å². The molecule has 2 amide bonds. The molecule has 168 valence electrons. The molecule has 1 atom stereocenters. The molecule has 0 fully saturated rings. The van der Waals surface area contributed by atoms with Gasteiger partial charge in [0.1, 0.15) is 22.0 Å². The number of aliphatic imine (C=N–C) groups is 1. The Balaban J connectivity index is 1.94. The Morgan fingerprint density at radius 2 is 2.06 bits per heavy atom. The van der Waals surface area contributed by atoms with Gasteiger partial charge >= 0.3 is 6.09 Å². The van der Waals surface area contributed by atoms with Crippen LogP contribution in [0.2, 0.25) is 5.15 Å². The van der Waals surface area contributed by atoms with Crippen LogP contribution >= 0.6 is 27.5 Å². The number of halogens is 3. The first-order valence-corrected chi connectivity index (χ1v) is 10.8. The molecule has 0 saturated heterocycles. The Bertz CT molecular complexity index is 1180. The van der Waals surface area contributed by atoms with Crippen molar-refractivity contribution in [3.8, 4) is 11.5 Å².